The number of nitrogens with two attached hydrogens (primary N) is 1. The minimum Gasteiger partial charge on any atom is -0.368 e. The second-order valence-corrected chi connectivity index (χ2v) is 6.58. The van der Waals surface area contributed by atoms with Crippen LogP contribution in [0.5, 0.6) is 0 Å². The highest BCUT2D eigenvalue weighted by molar-refractivity contribution is 5.94. The molecule has 11 heteroatoms. The van der Waals surface area contributed by atoms with E-state index in [2.05, 4.69) is 41.3 Å². The molecule has 1 saturated heterocycles. The molecule has 3 aromatic rings. The Bertz CT molecular complexity index is 994. The maximum absolute atomic E-state index is 11.6. The summed E-state index contributed by atoms with van der Waals surface area (Å²) in [5, 5.41) is 16.7. The molecule has 150 valence electrons. The summed E-state index contributed by atoms with van der Waals surface area (Å²) in [5.74, 6) is 1.59. The molecule has 1 atom stereocenters. The van der Waals surface area contributed by atoms with Gasteiger partial charge in [-0.1, -0.05) is 0 Å². The SMILES string of the molecule is CNC(=O)c1ccc(Nc2nc(N)n(-c3cc(NC4CCNC4)ncn3)n2)cc1. The molecule has 2 aromatic heterocycles. The predicted molar refractivity (Wildman–Crippen MR) is 109 cm³/mol. The van der Waals surface area contributed by atoms with Gasteiger partial charge in [0.2, 0.25) is 11.9 Å². The van der Waals surface area contributed by atoms with Crippen LogP contribution >= 0.6 is 0 Å². The summed E-state index contributed by atoms with van der Waals surface area (Å²) in [6.45, 7) is 1.89. The summed E-state index contributed by atoms with van der Waals surface area (Å²) in [5.41, 5.74) is 7.32. The van der Waals surface area contributed by atoms with Crippen LogP contribution in [0.4, 0.5) is 23.4 Å². The third-order valence-corrected chi connectivity index (χ3v) is 4.54. The quantitative estimate of drug-likeness (QED) is 0.403. The van der Waals surface area contributed by atoms with Crippen molar-refractivity contribution in [3.8, 4) is 5.82 Å². The van der Waals surface area contributed by atoms with Crippen LogP contribution in [0.15, 0.2) is 36.7 Å². The molecule has 11 nitrogen and oxygen atoms in total. The van der Waals surface area contributed by atoms with Gasteiger partial charge in [0.15, 0.2) is 5.82 Å². The molecule has 0 saturated carbocycles. The minimum atomic E-state index is -0.148. The third-order valence-electron chi connectivity index (χ3n) is 4.54. The zero-order chi connectivity index (χ0) is 20.2. The molecule has 1 unspecified atom stereocenters. The van der Waals surface area contributed by atoms with E-state index in [0.717, 1.165) is 25.2 Å². The highest BCUT2D eigenvalue weighted by Crippen LogP contribution is 2.19. The van der Waals surface area contributed by atoms with Crippen LogP contribution < -0.4 is 27.0 Å². The normalized spacial score (nSPS) is 15.8. The van der Waals surface area contributed by atoms with Crippen LogP contribution in [-0.4, -0.2) is 56.8 Å². The Hall–Kier alpha value is -3.73. The Balaban J connectivity index is 1.50. The molecular weight excluding hydrogens is 372 g/mol. The van der Waals surface area contributed by atoms with E-state index in [1.165, 1.54) is 11.0 Å². The number of nitrogens with zero attached hydrogens (tertiary/aromatic N) is 5. The van der Waals surface area contributed by atoms with E-state index >= 15 is 0 Å². The van der Waals surface area contributed by atoms with Crippen molar-refractivity contribution < 1.29 is 4.79 Å². The lowest BCUT2D eigenvalue weighted by molar-refractivity contribution is 0.0963. The summed E-state index contributed by atoms with van der Waals surface area (Å²) < 4.78 is 1.45. The lowest BCUT2D eigenvalue weighted by Crippen LogP contribution is -2.22. The molecular formula is C18H22N10O. The van der Waals surface area contributed by atoms with Gasteiger partial charge in [0, 0.05) is 37.0 Å². The number of anilines is 4. The first-order valence-corrected chi connectivity index (χ1v) is 9.24. The van der Waals surface area contributed by atoms with Crippen LogP contribution in [0.2, 0.25) is 0 Å². The number of benzene rings is 1. The second-order valence-electron chi connectivity index (χ2n) is 6.58. The molecule has 1 aliphatic rings. The molecule has 6 N–H and O–H groups in total. The number of nitrogen functional groups attached to an aromatic ring is 1. The summed E-state index contributed by atoms with van der Waals surface area (Å²) >= 11 is 0. The van der Waals surface area contributed by atoms with Gasteiger partial charge in [0.1, 0.15) is 12.1 Å². The predicted octanol–water partition coefficient (Wildman–Crippen LogP) is 0.517. The van der Waals surface area contributed by atoms with Gasteiger partial charge < -0.3 is 27.0 Å². The molecule has 0 aliphatic carbocycles. The van der Waals surface area contributed by atoms with Crippen LogP contribution in [0.3, 0.4) is 0 Å². The highest BCUT2D eigenvalue weighted by atomic mass is 16.1. The second kappa shape index (κ2) is 8.10. The first kappa shape index (κ1) is 18.6. The van der Waals surface area contributed by atoms with Gasteiger partial charge in [-0.3, -0.25) is 4.79 Å². The minimum absolute atomic E-state index is 0.148. The Morgan fingerprint density at radius 2 is 2.10 bits per heavy atom. The van der Waals surface area contributed by atoms with Gasteiger partial charge in [-0.15, -0.1) is 5.10 Å². The van der Waals surface area contributed by atoms with E-state index in [1.54, 1.807) is 37.4 Å². The van der Waals surface area contributed by atoms with Crippen LogP contribution in [0.1, 0.15) is 16.8 Å². The van der Waals surface area contributed by atoms with Crippen molar-refractivity contribution in [2.75, 3.05) is 36.5 Å². The number of nitrogens with one attached hydrogen (secondary N) is 4. The Kier molecular flexibility index (Phi) is 5.20. The monoisotopic (exact) mass is 394 g/mol. The molecule has 1 aromatic carbocycles. The maximum atomic E-state index is 11.6. The van der Waals surface area contributed by atoms with Gasteiger partial charge in [-0.2, -0.15) is 9.67 Å². The number of aromatic nitrogens is 5. The fourth-order valence-electron chi connectivity index (χ4n) is 3.05. The summed E-state index contributed by atoms with van der Waals surface area (Å²) in [6, 6.07) is 9.07. The Morgan fingerprint density at radius 3 is 2.83 bits per heavy atom. The fourth-order valence-corrected chi connectivity index (χ4v) is 3.05. The standard InChI is InChI=1S/C18H22N10O/c1-20-16(29)11-2-4-12(5-3-11)25-18-26-17(19)28(27-18)15-8-14(22-10-23-15)24-13-6-7-21-9-13/h2-5,8,10,13,21H,6-7,9H2,1H3,(H,20,29)(H,22,23,24)(H3,19,25,26,27). The number of rotatable bonds is 6. The van der Waals surface area contributed by atoms with E-state index in [1.807, 2.05) is 0 Å². The molecule has 1 fully saturated rings. The van der Waals surface area contributed by atoms with E-state index in [4.69, 9.17) is 5.73 Å². The molecule has 0 bridgehead atoms. The molecule has 0 radical (unpaired) electrons. The van der Waals surface area contributed by atoms with Gasteiger partial charge in [-0.25, -0.2) is 9.97 Å². The molecule has 29 heavy (non-hydrogen) atoms. The smallest absolute Gasteiger partial charge is 0.251 e. The topological polar surface area (TPSA) is 148 Å². The van der Waals surface area contributed by atoms with Crippen LogP contribution in [0.25, 0.3) is 5.82 Å². The van der Waals surface area contributed by atoms with Crippen molar-refractivity contribution in [2.24, 2.45) is 0 Å². The van der Waals surface area contributed by atoms with Crippen molar-refractivity contribution in [3.05, 3.63) is 42.2 Å². The number of hydrogen-bond acceptors (Lipinski definition) is 9. The van der Waals surface area contributed by atoms with Gasteiger partial charge in [0.25, 0.3) is 5.91 Å². The van der Waals surface area contributed by atoms with Gasteiger partial charge >= 0.3 is 0 Å². The van der Waals surface area contributed by atoms with Gasteiger partial charge in [0.05, 0.1) is 0 Å². The molecule has 3 heterocycles. The average Bonchev–Trinajstić information content (AvgIpc) is 3.37. The fraction of sp³-hybridized carbons (Fsp3) is 0.278. The maximum Gasteiger partial charge on any atom is 0.251 e. The third kappa shape index (κ3) is 4.24. The van der Waals surface area contributed by atoms with Crippen molar-refractivity contribution >= 4 is 29.3 Å². The molecule has 4 rings (SSSR count). The number of hydrogen-bond donors (Lipinski definition) is 5. The first-order valence-electron chi connectivity index (χ1n) is 9.24. The highest BCUT2D eigenvalue weighted by Gasteiger charge is 2.16. The van der Waals surface area contributed by atoms with Crippen molar-refractivity contribution in [2.45, 2.75) is 12.5 Å². The lowest BCUT2D eigenvalue weighted by atomic mass is 10.2. The van der Waals surface area contributed by atoms with E-state index in [-0.39, 0.29) is 11.9 Å². The van der Waals surface area contributed by atoms with E-state index in [0.29, 0.717) is 29.2 Å². The number of carbonyl (C=O) groups is 1. The van der Waals surface area contributed by atoms with Gasteiger partial charge in [-0.05, 0) is 37.2 Å². The molecule has 1 amide bonds. The van der Waals surface area contributed by atoms with Crippen molar-refractivity contribution in [3.63, 3.8) is 0 Å². The average molecular weight is 394 g/mol. The number of amides is 1. The summed E-state index contributed by atoms with van der Waals surface area (Å²) in [4.78, 5) is 24.4. The number of carbonyl (C=O) groups excluding carboxylic acids is 1. The van der Waals surface area contributed by atoms with Crippen LogP contribution in [0, 0.1) is 0 Å². The summed E-state index contributed by atoms with van der Waals surface area (Å²) in [7, 11) is 1.59. The molecule has 1 aliphatic heterocycles. The van der Waals surface area contributed by atoms with Crippen LogP contribution in [-0.2, 0) is 0 Å². The van der Waals surface area contributed by atoms with E-state index in [9.17, 15) is 4.79 Å². The largest absolute Gasteiger partial charge is 0.368 e. The Labute approximate surface area is 167 Å². The Morgan fingerprint density at radius 1 is 1.28 bits per heavy atom. The zero-order valence-corrected chi connectivity index (χ0v) is 15.9. The zero-order valence-electron chi connectivity index (χ0n) is 15.9. The van der Waals surface area contributed by atoms with Crippen molar-refractivity contribution in [1.29, 1.82) is 0 Å². The summed E-state index contributed by atoms with van der Waals surface area (Å²) in [6.07, 6.45) is 2.50. The lowest BCUT2D eigenvalue weighted by Gasteiger charge is -2.12. The van der Waals surface area contributed by atoms with Crippen molar-refractivity contribution in [1.82, 2.24) is 35.4 Å². The van der Waals surface area contributed by atoms with E-state index < -0.39 is 0 Å². The molecule has 0 spiro atoms. The first-order chi connectivity index (χ1) is 14.1.